The summed E-state index contributed by atoms with van der Waals surface area (Å²) in [5.74, 6) is 7.95. The Kier molecular flexibility index (Phi) is 23.6. The summed E-state index contributed by atoms with van der Waals surface area (Å²) < 4.78 is 13.4. The number of nitrogens with zero attached hydrogens (tertiary/aromatic N) is 3. The second-order valence-corrected chi connectivity index (χ2v) is 8.19. The molecule has 8 heteroatoms. The number of imidazole rings is 1. The predicted molar refractivity (Wildman–Crippen MR) is 158 cm³/mol. The summed E-state index contributed by atoms with van der Waals surface area (Å²) in [4.78, 5) is 24.7. The fourth-order valence-corrected chi connectivity index (χ4v) is 1.99. The molecule has 3 rings (SSSR count). The molecule has 0 saturated carbocycles. The molecule has 0 fully saturated rings. The number of anilines is 1. The van der Waals surface area contributed by atoms with Crippen LogP contribution in [0.4, 0.5) is 10.2 Å². The van der Waals surface area contributed by atoms with Crippen LogP contribution in [-0.2, 0) is 4.79 Å². The molecule has 1 aromatic carbocycles. The van der Waals surface area contributed by atoms with Crippen LogP contribution >= 0.6 is 11.8 Å². The number of halogens is 1. The number of benzene rings is 1. The minimum absolute atomic E-state index is 0.161. The number of fused-ring (bicyclic) bond motifs is 1. The van der Waals surface area contributed by atoms with Gasteiger partial charge in [0.25, 0.3) is 0 Å². The zero-order valence-corrected chi connectivity index (χ0v) is 25.0. The van der Waals surface area contributed by atoms with Gasteiger partial charge in [0, 0.05) is 11.0 Å². The van der Waals surface area contributed by atoms with E-state index in [1.807, 2.05) is 74.1 Å². The second-order valence-electron chi connectivity index (χ2n) is 7.04. The van der Waals surface area contributed by atoms with Crippen molar-refractivity contribution in [3.63, 3.8) is 0 Å². The normalized spacial score (nSPS) is 8.92. The van der Waals surface area contributed by atoms with Crippen LogP contribution in [0.1, 0.15) is 82.0 Å². The van der Waals surface area contributed by atoms with E-state index in [1.165, 1.54) is 24.8 Å². The Bertz CT molecular complexity index is 1030. The molecule has 0 radical (unpaired) electrons. The van der Waals surface area contributed by atoms with Crippen molar-refractivity contribution < 1.29 is 9.18 Å². The third-order valence-corrected chi connectivity index (χ3v) is 3.89. The molecule has 0 aliphatic heterocycles. The molecule has 6 nitrogen and oxygen atoms in total. The first-order chi connectivity index (χ1) is 17.1. The number of aldehydes is 1. The molecule has 3 N–H and O–H groups in total. The van der Waals surface area contributed by atoms with Gasteiger partial charge in [-0.15, -0.1) is 0 Å². The maximum Gasteiger partial charge on any atom is 0.209 e. The Hall–Kier alpha value is -2.92. The van der Waals surface area contributed by atoms with Crippen LogP contribution in [-0.4, -0.2) is 38.2 Å². The highest BCUT2D eigenvalue weighted by atomic mass is 32.2. The number of H-pyrrole nitrogens is 1. The van der Waals surface area contributed by atoms with Gasteiger partial charge in [-0.2, -0.15) is 16.7 Å². The maximum absolute atomic E-state index is 13.4. The first-order valence-electron chi connectivity index (χ1n) is 12.4. The smallest absolute Gasteiger partial charge is 0.209 e. The Morgan fingerprint density at radius 3 is 2.06 bits per heavy atom. The van der Waals surface area contributed by atoms with Gasteiger partial charge < -0.3 is 15.5 Å². The predicted octanol–water partition coefficient (Wildman–Crippen LogP) is 7.79. The van der Waals surface area contributed by atoms with Crippen LogP contribution in [0, 0.1) is 23.1 Å². The minimum atomic E-state index is -0.334. The molecule has 36 heavy (non-hydrogen) atoms. The minimum Gasteiger partial charge on any atom is -0.382 e. The zero-order valence-electron chi connectivity index (χ0n) is 24.2. The molecule has 0 saturated heterocycles. The lowest BCUT2D eigenvalue weighted by Gasteiger charge is -2.06. The first kappa shape index (κ1) is 37.6. The molecule has 3 aromatic rings. The lowest BCUT2D eigenvalue weighted by atomic mass is 9.98. The molecule has 2 aromatic heterocycles. The SMILES string of the molecule is CC.CC.CC.CC(C)(C)C#Cc1nc(N)c2[nH]c(-c3cccc(F)c3)nc2n1.CC=O.CCSC. The molecule has 0 unspecified atom stereocenters. The highest BCUT2D eigenvalue weighted by Crippen LogP contribution is 2.22. The van der Waals surface area contributed by atoms with Crippen molar-refractivity contribution in [2.45, 2.75) is 76.2 Å². The topological polar surface area (TPSA) is 97.6 Å². The van der Waals surface area contributed by atoms with Crippen LogP contribution in [0.2, 0.25) is 0 Å². The van der Waals surface area contributed by atoms with Gasteiger partial charge in [0.05, 0.1) is 0 Å². The van der Waals surface area contributed by atoms with E-state index in [0.29, 0.717) is 28.4 Å². The van der Waals surface area contributed by atoms with Gasteiger partial charge in [0.15, 0.2) is 11.5 Å². The van der Waals surface area contributed by atoms with E-state index in [4.69, 9.17) is 10.5 Å². The number of aromatic nitrogens is 4. The number of nitrogens with two attached hydrogens (primary N) is 1. The van der Waals surface area contributed by atoms with E-state index >= 15 is 0 Å². The number of carbonyl (C=O) groups is 1. The van der Waals surface area contributed by atoms with Crippen molar-refractivity contribution in [3.8, 4) is 23.2 Å². The standard InChI is InChI=1S/C17H16FN5.C3H8S.C2H4O.3C2H6/c1-17(2,3)8-7-12-20-14(19)13-16(21-12)23-15(22-13)10-5-4-6-11(18)9-10;1-3-4-2;1-2-3;3*1-2/h4-6,9H,1-3H3,(H3,19,20,21,22,23);3H2,1-2H3;2H,1H3;3*1-2H3. The molecule has 0 spiro atoms. The highest BCUT2D eigenvalue weighted by Gasteiger charge is 2.12. The van der Waals surface area contributed by atoms with E-state index in [9.17, 15) is 4.39 Å². The number of nitrogens with one attached hydrogen (secondary N) is 1. The number of nitrogen functional groups attached to an aromatic ring is 1. The maximum atomic E-state index is 13.4. The second kappa shape index (κ2) is 22.5. The van der Waals surface area contributed by atoms with Gasteiger partial charge in [0.1, 0.15) is 23.4 Å². The largest absolute Gasteiger partial charge is 0.382 e. The summed E-state index contributed by atoms with van der Waals surface area (Å²) in [5, 5.41) is 0. The third-order valence-electron chi connectivity index (χ3n) is 3.32. The highest BCUT2D eigenvalue weighted by molar-refractivity contribution is 7.98. The summed E-state index contributed by atoms with van der Waals surface area (Å²) in [5.41, 5.74) is 7.34. The van der Waals surface area contributed by atoms with Gasteiger partial charge >= 0.3 is 0 Å². The summed E-state index contributed by atoms with van der Waals surface area (Å²) >= 11 is 1.86. The van der Waals surface area contributed by atoms with Crippen LogP contribution < -0.4 is 5.73 Å². The van der Waals surface area contributed by atoms with Crippen LogP contribution in [0.25, 0.3) is 22.6 Å². The third kappa shape index (κ3) is 15.9. The van der Waals surface area contributed by atoms with Crippen molar-refractivity contribution >= 4 is 35.0 Å². The molecule has 0 aliphatic carbocycles. The molecular formula is C28H46FN5OS. The molecule has 2 heterocycles. The van der Waals surface area contributed by atoms with Gasteiger partial charge in [-0.1, -0.05) is 66.5 Å². The van der Waals surface area contributed by atoms with Crippen molar-refractivity contribution in [2.24, 2.45) is 5.41 Å². The summed E-state index contributed by atoms with van der Waals surface area (Å²) in [6.07, 6.45) is 2.85. The number of carbonyl (C=O) groups excluding carboxylic acids is 1. The van der Waals surface area contributed by atoms with E-state index in [2.05, 4.69) is 45.0 Å². The monoisotopic (exact) mass is 519 g/mol. The molecule has 202 valence electrons. The van der Waals surface area contributed by atoms with Gasteiger partial charge in [-0.05, 0) is 57.8 Å². The fourth-order valence-electron chi connectivity index (χ4n) is 1.99. The lowest BCUT2D eigenvalue weighted by Crippen LogP contribution is -2.01. The van der Waals surface area contributed by atoms with E-state index < -0.39 is 0 Å². The van der Waals surface area contributed by atoms with Gasteiger partial charge in [-0.25, -0.2) is 14.4 Å². The zero-order chi connectivity index (χ0) is 28.7. The van der Waals surface area contributed by atoms with E-state index in [0.717, 1.165) is 6.29 Å². The molecule has 0 bridgehead atoms. The number of aromatic amines is 1. The molecule has 0 aliphatic rings. The number of thioether (sulfide) groups is 1. The summed E-state index contributed by atoms with van der Waals surface area (Å²) in [6, 6.07) is 6.14. The van der Waals surface area contributed by atoms with Crippen LogP contribution in [0.5, 0.6) is 0 Å². The Balaban J connectivity index is -0.000000715. The quantitative estimate of drug-likeness (QED) is 0.265. The average Bonchev–Trinajstić information content (AvgIpc) is 3.32. The molecular weight excluding hydrogens is 473 g/mol. The summed E-state index contributed by atoms with van der Waals surface area (Å²) in [6.45, 7) is 21.6. The Labute approximate surface area is 222 Å². The Morgan fingerprint density at radius 2 is 1.61 bits per heavy atom. The first-order valence-corrected chi connectivity index (χ1v) is 13.8. The van der Waals surface area contributed by atoms with Crippen LogP contribution in [0.15, 0.2) is 24.3 Å². The fraction of sp³-hybridized carbons (Fsp3) is 0.500. The van der Waals surface area contributed by atoms with Gasteiger partial charge in [0.2, 0.25) is 5.82 Å². The van der Waals surface area contributed by atoms with E-state index in [-0.39, 0.29) is 17.1 Å². The van der Waals surface area contributed by atoms with Crippen molar-refractivity contribution in [1.82, 2.24) is 19.9 Å². The van der Waals surface area contributed by atoms with E-state index in [1.54, 1.807) is 12.1 Å². The Morgan fingerprint density at radius 1 is 1.08 bits per heavy atom. The van der Waals surface area contributed by atoms with Crippen molar-refractivity contribution in [1.29, 1.82) is 0 Å². The van der Waals surface area contributed by atoms with Crippen molar-refractivity contribution in [2.75, 3.05) is 17.7 Å². The average molecular weight is 520 g/mol. The van der Waals surface area contributed by atoms with Crippen LogP contribution in [0.3, 0.4) is 0 Å². The van der Waals surface area contributed by atoms with Crippen molar-refractivity contribution in [3.05, 3.63) is 35.9 Å². The molecule has 0 amide bonds. The lowest BCUT2D eigenvalue weighted by molar-refractivity contribution is -0.106. The number of rotatable bonds is 2. The van der Waals surface area contributed by atoms with Gasteiger partial charge in [-0.3, -0.25) is 0 Å². The number of hydrogen-bond donors (Lipinski definition) is 2. The molecule has 0 atom stereocenters. The number of hydrogen-bond acceptors (Lipinski definition) is 6. The summed E-state index contributed by atoms with van der Waals surface area (Å²) in [7, 11) is 0.